The van der Waals surface area contributed by atoms with Gasteiger partial charge in [0, 0.05) is 0 Å². The summed E-state index contributed by atoms with van der Waals surface area (Å²) >= 11 is 0. The topological polar surface area (TPSA) is 52.5 Å². The highest BCUT2D eigenvalue weighted by atomic mass is 16.3. The van der Waals surface area contributed by atoms with Crippen molar-refractivity contribution in [1.82, 2.24) is 5.32 Å². The van der Waals surface area contributed by atoms with E-state index in [1.54, 1.807) is 0 Å². The molecule has 0 radical (unpaired) electrons. The van der Waals surface area contributed by atoms with Gasteiger partial charge < -0.3 is 15.5 Å². The third kappa shape index (κ3) is 6.46. The Morgan fingerprint density at radius 3 is 1.94 bits per heavy atom. The van der Waals surface area contributed by atoms with Gasteiger partial charge in [-0.05, 0) is 19.4 Å². The maximum absolute atomic E-state index is 9.23. The molecule has 16 heavy (non-hydrogen) atoms. The van der Waals surface area contributed by atoms with E-state index in [2.05, 4.69) is 12.2 Å². The van der Waals surface area contributed by atoms with E-state index in [0.29, 0.717) is 0 Å². The number of hydrogen-bond donors (Lipinski definition) is 3. The smallest absolute Gasteiger partial charge is 0.0645 e. The Hall–Kier alpha value is -0.120. The molecule has 0 amide bonds. The number of hydrogen-bond acceptors (Lipinski definition) is 3. The Morgan fingerprint density at radius 2 is 1.44 bits per heavy atom. The summed E-state index contributed by atoms with van der Waals surface area (Å²) in [5.74, 6) is 0. The second-order valence-corrected chi connectivity index (χ2v) is 4.64. The van der Waals surface area contributed by atoms with Crippen molar-refractivity contribution >= 4 is 0 Å². The third-order valence-electron chi connectivity index (χ3n) is 3.31. The van der Waals surface area contributed by atoms with Crippen molar-refractivity contribution in [2.24, 2.45) is 0 Å². The molecule has 0 atom stereocenters. The SMILES string of the molecule is CCCCCCCCNC(CC)(CO)CO. The monoisotopic (exact) mass is 231 g/mol. The van der Waals surface area contributed by atoms with Crippen LogP contribution in [0, 0.1) is 0 Å². The minimum absolute atomic E-state index is 0.00976. The van der Waals surface area contributed by atoms with Gasteiger partial charge >= 0.3 is 0 Å². The number of nitrogens with one attached hydrogen (secondary N) is 1. The van der Waals surface area contributed by atoms with E-state index in [9.17, 15) is 10.2 Å². The molecule has 0 rings (SSSR count). The van der Waals surface area contributed by atoms with E-state index in [4.69, 9.17) is 0 Å². The fraction of sp³-hybridized carbons (Fsp3) is 1.00. The van der Waals surface area contributed by atoms with Crippen molar-refractivity contribution in [1.29, 1.82) is 0 Å². The lowest BCUT2D eigenvalue weighted by atomic mass is 9.98. The summed E-state index contributed by atoms with van der Waals surface area (Å²) in [6.07, 6.45) is 8.37. The summed E-state index contributed by atoms with van der Waals surface area (Å²) in [6, 6.07) is 0. The van der Waals surface area contributed by atoms with E-state index in [1.165, 1.54) is 32.1 Å². The highest BCUT2D eigenvalue weighted by Crippen LogP contribution is 2.09. The number of aliphatic hydroxyl groups excluding tert-OH is 2. The van der Waals surface area contributed by atoms with Gasteiger partial charge in [-0.25, -0.2) is 0 Å². The Morgan fingerprint density at radius 1 is 0.875 bits per heavy atom. The molecule has 3 nitrogen and oxygen atoms in total. The summed E-state index contributed by atoms with van der Waals surface area (Å²) in [6.45, 7) is 5.12. The van der Waals surface area contributed by atoms with E-state index in [-0.39, 0.29) is 13.2 Å². The van der Waals surface area contributed by atoms with Crippen LogP contribution in [0.25, 0.3) is 0 Å². The quantitative estimate of drug-likeness (QED) is 0.477. The molecule has 0 saturated heterocycles. The van der Waals surface area contributed by atoms with Crippen LogP contribution in [-0.4, -0.2) is 35.5 Å². The molecule has 0 aromatic rings. The molecule has 0 bridgehead atoms. The highest BCUT2D eigenvalue weighted by molar-refractivity contribution is 4.85. The van der Waals surface area contributed by atoms with Gasteiger partial charge in [-0.3, -0.25) is 0 Å². The van der Waals surface area contributed by atoms with Gasteiger partial charge in [0.05, 0.1) is 18.8 Å². The van der Waals surface area contributed by atoms with Gasteiger partial charge in [0.2, 0.25) is 0 Å². The molecule has 0 fully saturated rings. The van der Waals surface area contributed by atoms with Gasteiger partial charge in [-0.15, -0.1) is 0 Å². The van der Waals surface area contributed by atoms with Crippen molar-refractivity contribution in [3.8, 4) is 0 Å². The summed E-state index contributed by atoms with van der Waals surface area (Å²) in [4.78, 5) is 0. The molecule has 0 aliphatic rings. The van der Waals surface area contributed by atoms with Gasteiger partial charge in [0.1, 0.15) is 0 Å². The predicted octanol–water partition coefficient (Wildman–Crippen LogP) is 2.07. The maximum Gasteiger partial charge on any atom is 0.0645 e. The third-order valence-corrected chi connectivity index (χ3v) is 3.31. The number of rotatable bonds is 11. The first-order chi connectivity index (χ1) is 7.74. The molecular weight excluding hydrogens is 202 g/mol. The molecule has 0 aromatic carbocycles. The minimum atomic E-state index is -0.469. The van der Waals surface area contributed by atoms with Crippen molar-refractivity contribution < 1.29 is 10.2 Å². The van der Waals surface area contributed by atoms with Crippen LogP contribution in [0.4, 0.5) is 0 Å². The van der Waals surface area contributed by atoms with E-state index in [1.807, 2.05) is 6.92 Å². The predicted molar refractivity (Wildman–Crippen MR) is 68.6 cm³/mol. The lowest BCUT2D eigenvalue weighted by Gasteiger charge is -2.29. The average molecular weight is 231 g/mol. The average Bonchev–Trinajstić information content (AvgIpc) is 2.34. The Kier molecular flexibility index (Phi) is 9.99. The molecule has 0 aliphatic carbocycles. The zero-order chi connectivity index (χ0) is 12.3. The molecule has 0 saturated carbocycles. The fourth-order valence-electron chi connectivity index (χ4n) is 1.77. The summed E-state index contributed by atoms with van der Waals surface area (Å²) in [5, 5.41) is 21.7. The van der Waals surface area contributed by atoms with Crippen LogP contribution in [0.2, 0.25) is 0 Å². The second kappa shape index (κ2) is 10.1. The minimum Gasteiger partial charge on any atom is -0.394 e. The number of unbranched alkanes of at least 4 members (excludes halogenated alkanes) is 5. The molecule has 0 unspecified atom stereocenters. The van der Waals surface area contributed by atoms with Crippen LogP contribution in [0.15, 0.2) is 0 Å². The van der Waals surface area contributed by atoms with Crippen LogP contribution >= 0.6 is 0 Å². The van der Waals surface area contributed by atoms with Crippen molar-refractivity contribution in [2.45, 2.75) is 64.3 Å². The van der Waals surface area contributed by atoms with Crippen molar-refractivity contribution in [2.75, 3.05) is 19.8 Å². The summed E-state index contributed by atoms with van der Waals surface area (Å²) in [7, 11) is 0. The zero-order valence-electron chi connectivity index (χ0n) is 11.0. The van der Waals surface area contributed by atoms with Crippen LogP contribution in [0.3, 0.4) is 0 Å². The Labute approximate surface area is 100 Å². The van der Waals surface area contributed by atoms with Crippen LogP contribution in [-0.2, 0) is 0 Å². The zero-order valence-corrected chi connectivity index (χ0v) is 11.0. The first-order valence-electron chi connectivity index (χ1n) is 6.71. The maximum atomic E-state index is 9.23. The molecule has 0 spiro atoms. The van der Waals surface area contributed by atoms with Gasteiger partial charge in [-0.1, -0.05) is 46.0 Å². The van der Waals surface area contributed by atoms with Crippen molar-refractivity contribution in [3.05, 3.63) is 0 Å². The van der Waals surface area contributed by atoms with Crippen LogP contribution in [0.5, 0.6) is 0 Å². The number of aliphatic hydroxyl groups is 2. The molecule has 3 N–H and O–H groups in total. The normalized spacial score (nSPS) is 12.0. The standard InChI is InChI=1S/C13H29NO2/c1-3-5-6-7-8-9-10-14-13(4-2,11-15)12-16/h14-16H,3-12H2,1-2H3. The first-order valence-corrected chi connectivity index (χ1v) is 6.71. The molecule has 0 aromatic heterocycles. The first kappa shape index (κ1) is 15.9. The molecular formula is C13H29NO2. The van der Waals surface area contributed by atoms with E-state index < -0.39 is 5.54 Å². The molecule has 98 valence electrons. The largest absolute Gasteiger partial charge is 0.394 e. The lowest BCUT2D eigenvalue weighted by molar-refractivity contribution is 0.0876. The second-order valence-electron chi connectivity index (χ2n) is 4.64. The molecule has 3 heteroatoms. The van der Waals surface area contributed by atoms with Crippen molar-refractivity contribution in [3.63, 3.8) is 0 Å². The van der Waals surface area contributed by atoms with E-state index in [0.717, 1.165) is 19.4 Å². The molecule has 0 heterocycles. The van der Waals surface area contributed by atoms with Crippen LogP contribution < -0.4 is 5.32 Å². The summed E-state index contributed by atoms with van der Waals surface area (Å²) < 4.78 is 0. The lowest BCUT2D eigenvalue weighted by Crippen LogP contribution is -2.51. The Balaban J connectivity index is 3.48. The Bertz CT molecular complexity index is 139. The fourth-order valence-corrected chi connectivity index (χ4v) is 1.77. The van der Waals surface area contributed by atoms with Gasteiger partial charge in [-0.2, -0.15) is 0 Å². The van der Waals surface area contributed by atoms with Gasteiger partial charge in [0.25, 0.3) is 0 Å². The van der Waals surface area contributed by atoms with E-state index >= 15 is 0 Å². The molecule has 0 aliphatic heterocycles. The summed E-state index contributed by atoms with van der Waals surface area (Å²) in [5.41, 5.74) is -0.469. The van der Waals surface area contributed by atoms with Gasteiger partial charge in [0.15, 0.2) is 0 Å². The van der Waals surface area contributed by atoms with Crippen LogP contribution in [0.1, 0.15) is 58.8 Å². The highest BCUT2D eigenvalue weighted by Gasteiger charge is 2.24.